The predicted octanol–water partition coefficient (Wildman–Crippen LogP) is 12.6. The maximum Gasteiger partial charge on any atom is 0.203 e. The van der Waals surface area contributed by atoms with E-state index in [2.05, 4.69) is 182 Å². The average molecular weight is 985 g/mol. The third kappa shape index (κ3) is 7.47. The van der Waals surface area contributed by atoms with Crippen LogP contribution in [-0.4, -0.2) is 18.7 Å². The molecule has 0 saturated heterocycles. The summed E-state index contributed by atoms with van der Waals surface area (Å²) in [6, 6.07) is 49.6. The van der Waals surface area contributed by atoms with Gasteiger partial charge in [-0.15, -0.1) is 37.5 Å². The first-order valence-corrected chi connectivity index (χ1v) is 25.2. The second-order valence-corrected chi connectivity index (χ2v) is 20.1. The number of fused-ring (bicyclic) bond motifs is 20. The normalized spacial score (nSPS) is 12.2. The minimum atomic E-state index is 0.695. The van der Waals surface area contributed by atoms with Crippen molar-refractivity contribution in [1.29, 1.82) is 0 Å². The monoisotopic (exact) mass is 984 g/mol. The van der Waals surface area contributed by atoms with Crippen LogP contribution in [0.1, 0.15) is 44.5 Å². The molecule has 0 fully saturated rings. The summed E-state index contributed by atoms with van der Waals surface area (Å²) in [6.45, 7) is 40.5. The molecule has 4 aromatic heterocycles. The second kappa shape index (κ2) is 17.7. The number of rotatable bonds is 0. The molecular formula is C64H48N12+4. The summed E-state index contributed by atoms with van der Waals surface area (Å²) in [6.07, 6.45) is 8.50. The van der Waals surface area contributed by atoms with Crippen molar-refractivity contribution in [3.05, 3.63) is 261 Å². The lowest BCUT2D eigenvalue weighted by Gasteiger charge is -2.04. The van der Waals surface area contributed by atoms with Gasteiger partial charge in [-0.3, -0.25) is 0 Å². The molecule has 0 radical (unpaired) electrons. The Balaban J connectivity index is 0.0000000971. The molecule has 16 rings (SSSR count). The van der Waals surface area contributed by atoms with E-state index in [4.69, 9.17) is 26.3 Å². The van der Waals surface area contributed by atoms with Gasteiger partial charge in [0.1, 0.15) is 44.8 Å². The van der Waals surface area contributed by atoms with E-state index in [0.29, 0.717) is 22.7 Å². The van der Waals surface area contributed by atoms with Gasteiger partial charge in [0.15, 0.2) is 48.9 Å². The third-order valence-electron chi connectivity index (χ3n) is 14.9. The Morgan fingerprint density at radius 2 is 0.737 bits per heavy atom. The van der Waals surface area contributed by atoms with Gasteiger partial charge < -0.3 is 0 Å². The first-order valence-electron chi connectivity index (χ1n) is 25.2. The van der Waals surface area contributed by atoms with Gasteiger partial charge in [0.05, 0.1) is 47.8 Å². The van der Waals surface area contributed by atoms with Gasteiger partial charge in [0, 0.05) is 22.3 Å². The summed E-state index contributed by atoms with van der Waals surface area (Å²) in [5.74, 6) is 0. The lowest BCUT2D eigenvalue weighted by Crippen LogP contribution is -2.36. The Morgan fingerprint density at radius 3 is 1.26 bits per heavy atom. The highest BCUT2D eigenvalue weighted by Gasteiger charge is 2.32. The van der Waals surface area contributed by atoms with Crippen molar-refractivity contribution in [2.24, 2.45) is 0 Å². The van der Waals surface area contributed by atoms with Gasteiger partial charge in [-0.1, -0.05) is 77.9 Å². The summed E-state index contributed by atoms with van der Waals surface area (Å²) in [4.78, 5) is 14.0. The number of para-hydroxylation sites is 1. The first kappa shape index (κ1) is 45.5. The smallest absolute Gasteiger partial charge is 0.203 e. The van der Waals surface area contributed by atoms with E-state index >= 15 is 0 Å². The molecule has 12 nitrogen and oxygen atoms in total. The molecule has 12 aromatic rings. The second-order valence-electron chi connectivity index (χ2n) is 20.1. The molecular weight excluding hydrogens is 937 g/mol. The molecule has 0 saturated carbocycles. The fraction of sp³-hybridized carbons (Fsp3) is 0.125. The summed E-state index contributed by atoms with van der Waals surface area (Å²) < 4.78 is 17.8. The lowest BCUT2D eigenvalue weighted by atomic mass is 10.0. The molecule has 0 atom stereocenters. The fourth-order valence-electron chi connectivity index (χ4n) is 11.6. The number of nitrogens with zero attached hydrogens (tertiary/aromatic N) is 12. The van der Waals surface area contributed by atoms with E-state index in [1.165, 1.54) is 72.8 Å². The topological polar surface area (TPSA) is 52.7 Å². The van der Waals surface area contributed by atoms with E-state index in [9.17, 15) is 0 Å². The van der Waals surface area contributed by atoms with Crippen molar-refractivity contribution in [3.8, 4) is 22.7 Å². The number of hydrogen-bond acceptors (Lipinski definition) is 0. The summed E-state index contributed by atoms with van der Waals surface area (Å²) >= 11 is 0. The van der Waals surface area contributed by atoms with Crippen LogP contribution in [0.4, 0.5) is 22.7 Å². The van der Waals surface area contributed by atoms with Crippen molar-refractivity contribution in [3.63, 3.8) is 0 Å². The molecule has 76 heavy (non-hydrogen) atoms. The molecule has 0 unspecified atom stereocenters. The Labute approximate surface area is 439 Å². The molecule has 360 valence electrons. The Morgan fingerprint density at radius 1 is 0.342 bits per heavy atom. The summed E-state index contributed by atoms with van der Waals surface area (Å²) in [7, 11) is 0. The zero-order valence-electron chi connectivity index (χ0n) is 42.4. The summed E-state index contributed by atoms with van der Waals surface area (Å²) in [5.41, 5.74) is 23.1. The number of benzene rings is 8. The Hall–Kier alpha value is -10.4. The molecule has 0 spiro atoms. The van der Waals surface area contributed by atoms with E-state index in [1.807, 2.05) is 72.8 Å². The van der Waals surface area contributed by atoms with E-state index in [-0.39, 0.29) is 0 Å². The third-order valence-corrected chi connectivity index (χ3v) is 14.9. The van der Waals surface area contributed by atoms with Crippen molar-refractivity contribution < 1.29 is 18.7 Å². The maximum absolute atomic E-state index is 7.12. The van der Waals surface area contributed by atoms with Crippen LogP contribution in [0.25, 0.3) is 85.7 Å². The minimum Gasteiger partial charge on any atom is -0.238 e. The van der Waals surface area contributed by atoms with Crippen molar-refractivity contribution in [1.82, 2.24) is 18.7 Å². The maximum atomic E-state index is 7.12. The molecule has 12 heteroatoms. The van der Waals surface area contributed by atoms with Crippen LogP contribution in [-0.2, 0) is 26.2 Å². The van der Waals surface area contributed by atoms with Gasteiger partial charge >= 0.3 is 0 Å². The minimum absolute atomic E-state index is 0.695. The zero-order chi connectivity index (χ0) is 51.9. The number of aromatic nitrogens is 8. The highest BCUT2D eigenvalue weighted by molar-refractivity contribution is 5.86. The van der Waals surface area contributed by atoms with E-state index in [0.717, 1.165) is 64.3 Å². The molecule has 8 aromatic carbocycles. The van der Waals surface area contributed by atoms with Crippen molar-refractivity contribution >= 4 is 66.4 Å². The number of hydrogen-bond donors (Lipinski definition) is 0. The van der Waals surface area contributed by atoms with Crippen LogP contribution in [0.2, 0.25) is 0 Å². The number of aryl methyl sites for hydroxylation is 4. The SMILES string of the molecule is [C-]#[N+]c1ccc2c(c1)c[n+]1n2-c2c(C)cc(C)cc2C1.[C-]#[N+]c1ccc2c(c1)c[n+]1n2-c2cc(C)ccc2C1.[C-]#[N+]c1ccc2c(c1)c[n+]1n2-c2ccc(C)cc2C1.[C-]#[N+]c1ccc2c(c1)c[n+]1n2-c2ccccc2C1. The van der Waals surface area contributed by atoms with Gasteiger partial charge in [-0.25, -0.2) is 19.4 Å². The van der Waals surface area contributed by atoms with Gasteiger partial charge in [-0.2, -0.15) is 0 Å². The van der Waals surface area contributed by atoms with Crippen LogP contribution >= 0.6 is 0 Å². The molecule has 0 aliphatic carbocycles. The first-order chi connectivity index (χ1) is 37.1. The van der Waals surface area contributed by atoms with Crippen LogP contribution in [0.3, 0.4) is 0 Å². The molecule has 0 N–H and O–H groups in total. The zero-order valence-corrected chi connectivity index (χ0v) is 42.4. The van der Waals surface area contributed by atoms with Crippen molar-refractivity contribution in [2.45, 2.75) is 53.9 Å². The van der Waals surface area contributed by atoms with Crippen LogP contribution in [0, 0.1) is 54.0 Å². The highest BCUT2D eigenvalue weighted by Crippen LogP contribution is 2.33. The van der Waals surface area contributed by atoms with Crippen molar-refractivity contribution in [2.75, 3.05) is 0 Å². The molecule has 0 amide bonds. The van der Waals surface area contributed by atoms with E-state index in [1.54, 1.807) is 0 Å². The van der Waals surface area contributed by atoms with Crippen LogP contribution in [0.5, 0.6) is 0 Å². The molecule has 4 aliphatic heterocycles. The molecule has 4 aliphatic rings. The Bertz CT molecular complexity index is 4640. The van der Waals surface area contributed by atoms with Gasteiger partial charge in [0.2, 0.25) is 24.8 Å². The average Bonchev–Trinajstić information content (AvgIpc) is 4.34. The molecule has 0 bridgehead atoms. The summed E-state index contributed by atoms with van der Waals surface area (Å²) in [5, 5.41) is 4.50. The largest absolute Gasteiger partial charge is 0.238 e. The lowest BCUT2D eigenvalue weighted by molar-refractivity contribution is -0.749. The quantitative estimate of drug-likeness (QED) is 0.107. The van der Waals surface area contributed by atoms with Gasteiger partial charge in [0.25, 0.3) is 0 Å². The van der Waals surface area contributed by atoms with Crippen LogP contribution < -0.4 is 18.7 Å². The van der Waals surface area contributed by atoms with Gasteiger partial charge in [-0.05, 0) is 118 Å². The Kier molecular flexibility index (Phi) is 10.6. The highest BCUT2D eigenvalue weighted by atomic mass is 15.4. The predicted molar refractivity (Wildman–Crippen MR) is 294 cm³/mol. The molecule has 8 heterocycles. The van der Waals surface area contributed by atoms with Crippen LogP contribution in [0.15, 0.2) is 170 Å². The fourth-order valence-corrected chi connectivity index (χ4v) is 11.6. The van der Waals surface area contributed by atoms with E-state index < -0.39 is 0 Å². The standard InChI is InChI=1S/C17H14N3.2C16H12N3.C15H10N3/c1-11-6-12(2)17-14(7-11)10-19-9-13-8-15(18-3)4-5-16(13)20(17)19;1-11-3-5-15-12(7-11)9-18-10-13-8-14(17-2)4-6-16(13)19(15)18;1-11-3-4-12-9-18-10-13-8-14(17-2)5-6-15(13)19(18)16(12)7-11;1-16-13-6-7-15-12(8-13)10-17-9-11-4-2-3-5-14(11)18(15)17/h4-9H,10H2,1-2H3;2*3-8,10H,9H2,1H3;2-8,10H,9H2/q4*+1.